The summed E-state index contributed by atoms with van der Waals surface area (Å²) in [5, 5.41) is 24.5. The smallest absolute Gasteiger partial charge is 0.220 e. The molecule has 1 N–H and O–H groups in total. The van der Waals surface area contributed by atoms with E-state index < -0.39 is 20.5 Å². The summed E-state index contributed by atoms with van der Waals surface area (Å²) < 4.78 is 27.3. The minimum atomic E-state index is -4.15. The first-order valence-electron chi connectivity index (χ1n) is 8.23. The molecule has 1 heterocycles. The molecule has 0 fully saturated rings. The van der Waals surface area contributed by atoms with E-state index in [-0.39, 0.29) is 10.6 Å². The zero-order chi connectivity index (χ0) is 19.2. The fraction of sp³-hybridized carbons (Fsp3) is 0.100. The molecule has 6 nitrogen and oxygen atoms in total. The van der Waals surface area contributed by atoms with Crippen molar-refractivity contribution < 1.29 is 13.5 Å². The number of sulfone groups is 1. The summed E-state index contributed by atoms with van der Waals surface area (Å²) in [6, 6.07) is 17.0. The SMILES string of the molecule is Cn1nc(/C(O)=C(/C#N)S(=O)(=O)c2ccccc2)c2c1-c1ccccc1C2. The lowest BCUT2D eigenvalue weighted by atomic mass is 10.1. The van der Waals surface area contributed by atoms with E-state index in [0.29, 0.717) is 12.0 Å². The zero-order valence-electron chi connectivity index (χ0n) is 14.4. The molecule has 0 saturated heterocycles. The molecule has 1 aliphatic carbocycles. The van der Waals surface area contributed by atoms with Crippen LogP contribution in [0, 0.1) is 11.3 Å². The van der Waals surface area contributed by atoms with Gasteiger partial charge in [0.05, 0.1) is 10.6 Å². The van der Waals surface area contributed by atoms with Gasteiger partial charge in [0.15, 0.2) is 10.7 Å². The summed E-state index contributed by atoms with van der Waals surface area (Å²) >= 11 is 0. The Morgan fingerprint density at radius 1 is 1.15 bits per heavy atom. The summed E-state index contributed by atoms with van der Waals surface area (Å²) in [7, 11) is -2.42. The van der Waals surface area contributed by atoms with Gasteiger partial charge in [0.2, 0.25) is 9.84 Å². The highest BCUT2D eigenvalue weighted by Gasteiger charge is 2.32. The first-order valence-corrected chi connectivity index (χ1v) is 9.71. The van der Waals surface area contributed by atoms with Crippen molar-refractivity contribution in [2.24, 2.45) is 7.05 Å². The van der Waals surface area contributed by atoms with Crippen LogP contribution in [0.3, 0.4) is 0 Å². The number of aromatic nitrogens is 2. The normalized spacial score (nSPS) is 13.5. The zero-order valence-corrected chi connectivity index (χ0v) is 15.2. The molecule has 1 aliphatic rings. The molecule has 0 radical (unpaired) electrons. The number of hydrogen-bond donors (Lipinski definition) is 1. The van der Waals surface area contributed by atoms with E-state index in [9.17, 15) is 18.8 Å². The molecule has 0 saturated carbocycles. The molecule has 2 aromatic carbocycles. The van der Waals surface area contributed by atoms with E-state index in [2.05, 4.69) is 5.10 Å². The van der Waals surface area contributed by atoms with Crippen molar-refractivity contribution in [3.8, 4) is 17.3 Å². The van der Waals surface area contributed by atoms with Gasteiger partial charge in [-0.1, -0.05) is 42.5 Å². The van der Waals surface area contributed by atoms with E-state index in [4.69, 9.17) is 0 Å². The molecule has 3 aromatic rings. The van der Waals surface area contributed by atoms with Crippen LogP contribution in [-0.2, 0) is 23.3 Å². The minimum absolute atomic E-state index is 0.0519. The number of hydrogen-bond acceptors (Lipinski definition) is 5. The third-order valence-electron chi connectivity index (χ3n) is 4.65. The second-order valence-electron chi connectivity index (χ2n) is 6.24. The summed E-state index contributed by atoms with van der Waals surface area (Å²) in [6.45, 7) is 0. The molecule has 0 aliphatic heterocycles. The van der Waals surface area contributed by atoms with Crippen molar-refractivity contribution in [3.63, 3.8) is 0 Å². The molecule has 4 rings (SSSR count). The van der Waals surface area contributed by atoms with Gasteiger partial charge < -0.3 is 5.11 Å². The molecule has 0 amide bonds. The van der Waals surface area contributed by atoms with Gasteiger partial charge in [0.25, 0.3) is 0 Å². The molecule has 134 valence electrons. The number of fused-ring (bicyclic) bond motifs is 3. The Labute approximate surface area is 156 Å². The lowest BCUT2D eigenvalue weighted by Crippen LogP contribution is -2.07. The van der Waals surface area contributed by atoms with Crippen LogP contribution in [0.15, 0.2) is 64.4 Å². The third-order valence-corrected chi connectivity index (χ3v) is 6.36. The predicted molar refractivity (Wildman–Crippen MR) is 100 cm³/mol. The third kappa shape index (κ3) is 2.54. The second kappa shape index (κ2) is 6.11. The van der Waals surface area contributed by atoms with Crippen LogP contribution < -0.4 is 0 Å². The topological polar surface area (TPSA) is 96.0 Å². The molecule has 0 spiro atoms. The van der Waals surface area contributed by atoms with Crippen LogP contribution in [0.2, 0.25) is 0 Å². The van der Waals surface area contributed by atoms with Crippen LogP contribution in [0.1, 0.15) is 16.8 Å². The van der Waals surface area contributed by atoms with E-state index in [1.165, 1.54) is 12.1 Å². The number of rotatable bonds is 3. The quantitative estimate of drug-likeness (QED) is 0.437. The average Bonchev–Trinajstić information content (AvgIpc) is 3.20. The second-order valence-corrected chi connectivity index (χ2v) is 8.13. The highest BCUT2D eigenvalue weighted by molar-refractivity contribution is 7.95. The number of aryl methyl sites for hydroxylation is 1. The fourth-order valence-corrected chi connectivity index (χ4v) is 4.65. The fourth-order valence-electron chi connectivity index (χ4n) is 3.42. The Kier molecular flexibility index (Phi) is 3.86. The maximum Gasteiger partial charge on any atom is 0.220 e. The lowest BCUT2D eigenvalue weighted by molar-refractivity contribution is 0.503. The molecule has 7 heteroatoms. The Balaban J connectivity index is 1.91. The van der Waals surface area contributed by atoms with Crippen LogP contribution in [-0.4, -0.2) is 23.3 Å². The van der Waals surface area contributed by atoms with Crippen LogP contribution in [0.25, 0.3) is 17.0 Å². The maximum absolute atomic E-state index is 12.8. The van der Waals surface area contributed by atoms with E-state index in [0.717, 1.165) is 16.8 Å². The monoisotopic (exact) mass is 377 g/mol. The van der Waals surface area contributed by atoms with E-state index >= 15 is 0 Å². The maximum atomic E-state index is 12.8. The van der Waals surface area contributed by atoms with Crippen molar-refractivity contribution in [1.29, 1.82) is 5.26 Å². The van der Waals surface area contributed by atoms with Gasteiger partial charge in [-0.05, 0) is 17.7 Å². The Morgan fingerprint density at radius 2 is 1.81 bits per heavy atom. The molecule has 0 atom stereocenters. The Bertz CT molecular complexity index is 1230. The number of nitriles is 1. The largest absolute Gasteiger partial charge is 0.504 e. The number of benzene rings is 2. The lowest BCUT2D eigenvalue weighted by Gasteiger charge is -2.06. The van der Waals surface area contributed by atoms with Crippen LogP contribution in [0.5, 0.6) is 0 Å². The van der Waals surface area contributed by atoms with Gasteiger partial charge in [-0.15, -0.1) is 0 Å². The van der Waals surface area contributed by atoms with Gasteiger partial charge >= 0.3 is 0 Å². The average molecular weight is 377 g/mol. The highest BCUT2D eigenvalue weighted by Crippen LogP contribution is 2.40. The minimum Gasteiger partial charge on any atom is -0.504 e. The molecular weight excluding hydrogens is 362 g/mol. The predicted octanol–water partition coefficient (Wildman–Crippen LogP) is 3.22. The summed E-state index contributed by atoms with van der Waals surface area (Å²) in [5.41, 5.74) is 3.72. The Morgan fingerprint density at radius 3 is 2.52 bits per heavy atom. The van der Waals surface area contributed by atoms with Gasteiger partial charge in [-0.25, -0.2) is 8.42 Å². The van der Waals surface area contributed by atoms with Gasteiger partial charge in [-0.3, -0.25) is 4.68 Å². The summed E-state index contributed by atoms with van der Waals surface area (Å²) in [6.07, 6.45) is 0.517. The highest BCUT2D eigenvalue weighted by atomic mass is 32.2. The van der Waals surface area contributed by atoms with E-state index in [1.807, 2.05) is 24.3 Å². The number of nitrogens with zero attached hydrogens (tertiary/aromatic N) is 3. The molecular formula is C20H15N3O3S. The Hall–Kier alpha value is -3.37. The summed E-state index contributed by atoms with van der Waals surface area (Å²) in [4.78, 5) is -0.755. The van der Waals surface area contributed by atoms with Gasteiger partial charge in [0.1, 0.15) is 11.8 Å². The number of aliphatic hydroxyl groups is 1. The van der Waals surface area contributed by atoms with E-state index in [1.54, 1.807) is 36.0 Å². The van der Waals surface area contributed by atoms with Crippen LogP contribution >= 0.6 is 0 Å². The number of allylic oxidation sites excluding steroid dienone is 1. The van der Waals surface area contributed by atoms with Crippen molar-refractivity contribution in [2.45, 2.75) is 11.3 Å². The molecule has 0 unspecified atom stereocenters. The molecule has 0 bridgehead atoms. The number of aliphatic hydroxyl groups excluding tert-OH is 1. The molecule has 27 heavy (non-hydrogen) atoms. The van der Waals surface area contributed by atoms with Gasteiger partial charge in [0, 0.05) is 24.6 Å². The van der Waals surface area contributed by atoms with Gasteiger partial charge in [-0.2, -0.15) is 10.4 Å². The van der Waals surface area contributed by atoms with Crippen molar-refractivity contribution in [2.75, 3.05) is 0 Å². The first-order chi connectivity index (χ1) is 12.9. The van der Waals surface area contributed by atoms with Crippen molar-refractivity contribution >= 4 is 15.6 Å². The summed E-state index contributed by atoms with van der Waals surface area (Å²) in [5.74, 6) is -0.619. The first kappa shape index (κ1) is 17.1. The van der Waals surface area contributed by atoms with Crippen molar-refractivity contribution in [1.82, 2.24) is 9.78 Å². The van der Waals surface area contributed by atoms with Crippen molar-refractivity contribution in [3.05, 3.63) is 76.3 Å². The van der Waals surface area contributed by atoms with Crippen LogP contribution in [0.4, 0.5) is 0 Å². The standard InChI is InChI=1S/C20H15N3O3S/c1-23-19-15-10-6-5-7-13(15)11-16(19)18(22-23)20(24)17(12-21)27(25,26)14-8-3-2-4-9-14/h2-10,24H,11H2,1H3/b20-17+. The molecule has 1 aromatic heterocycles.